The first kappa shape index (κ1) is 19.6. The van der Waals surface area contributed by atoms with Crippen LogP contribution >= 0.6 is 11.6 Å². The van der Waals surface area contributed by atoms with Crippen LogP contribution in [0.4, 0.5) is 19.3 Å². The third-order valence-electron chi connectivity index (χ3n) is 3.32. The first-order valence-corrected chi connectivity index (χ1v) is 7.81. The second kappa shape index (κ2) is 9.10. The summed E-state index contributed by atoms with van der Waals surface area (Å²) < 4.78 is 38.8. The molecule has 2 N–H and O–H groups in total. The molecular weight excluding hydrogens is 370 g/mol. The van der Waals surface area contributed by atoms with Crippen molar-refractivity contribution >= 4 is 23.3 Å². The molecule has 0 radical (unpaired) electrons. The molecule has 0 spiro atoms. The van der Waals surface area contributed by atoms with Gasteiger partial charge in [0, 0.05) is 18.7 Å². The first-order valence-electron chi connectivity index (χ1n) is 7.43. The second-order valence-electron chi connectivity index (χ2n) is 5.02. The number of carbonyl (C=O) groups is 1. The van der Waals surface area contributed by atoms with E-state index in [1.807, 2.05) is 0 Å². The Balaban J connectivity index is 1.96. The van der Waals surface area contributed by atoms with Crippen LogP contribution in [0.25, 0.3) is 0 Å². The molecular formula is C17H17ClF2N2O4. The molecule has 2 aromatic carbocycles. The van der Waals surface area contributed by atoms with Gasteiger partial charge in [0.1, 0.15) is 17.2 Å². The molecule has 0 aliphatic heterocycles. The molecule has 2 amide bonds. The van der Waals surface area contributed by atoms with E-state index in [0.29, 0.717) is 27.8 Å². The molecule has 0 unspecified atom stereocenters. The number of amides is 2. The molecule has 0 heterocycles. The van der Waals surface area contributed by atoms with Gasteiger partial charge in [0.25, 0.3) is 0 Å². The number of anilines is 1. The van der Waals surface area contributed by atoms with Gasteiger partial charge in [-0.1, -0.05) is 23.7 Å². The normalized spacial score (nSPS) is 10.4. The fourth-order valence-electron chi connectivity index (χ4n) is 2.10. The molecule has 6 nitrogen and oxygen atoms in total. The highest BCUT2D eigenvalue weighted by Crippen LogP contribution is 2.35. The van der Waals surface area contributed by atoms with Crippen molar-refractivity contribution in [2.45, 2.75) is 13.2 Å². The molecule has 0 fully saturated rings. The number of urea groups is 1. The summed E-state index contributed by atoms with van der Waals surface area (Å²) in [7, 11) is 2.91. The van der Waals surface area contributed by atoms with Crippen molar-refractivity contribution in [1.29, 1.82) is 0 Å². The summed E-state index contributed by atoms with van der Waals surface area (Å²) in [6, 6.07) is 8.52. The zero-order valence-corrected chi connectivity index (χ0v) is 14.8. The third kappa shape index (κ3) is 5.38. The van der Waals surface area contributed by atoms with Gasteiger partial charge in [-0.2, -0.15) is 8.78 Å². The Morgan fingerprint density at radius 2 is 1.77 bits per heavy atom. The minimum absolute atomic E-state index is 0.0474. The Morgan fingerprint density at radius 3 is 2.35 bits per heavy atom. The molecule has 9 heteroatoms. The molecule has 0 bridgehead atoms. The van der Waals surface area contributed by atoms with Gasteiger partial charge in [-0.15, -0.1) is 0 Å². The number of nitrogens with one attached hydrogen (secondary N) is 2. The smallest absolute Gasteiger partial charge is 0.387 e. The van der Waals surface area contributed by atoms with E-state index in [9.17, 15) is 13.6 Å². The van der Waals surface area contributed by atoms with E-state index >= 15 is 0 Å². The highest BCUT2D eigenvalue weighted by molar-refractivity contribution is 6.32. The highest BCUT2D eigenvalue weighted by atomic mass is 35.5. The minimum atomic E-state index is -2.88. The number of hydrogen-bond donors (Lipinski definition) is 2. The fourth-order valence-corrected chi connectivity index (χ4v) is 2.33. The van der Waals surface area contributed by atoms with Crippen molar-refractivity contribution < 1.29 is 27.8 Å². The molecule has 0 aromatic heterocycles. The lowest BCUT2D eigenvalue weighted by molar-refractivity contribution is -0.0498. The average Bonchev–Trinajstić information content (AvgIpc) is 2.61. The Morgan fingerprint density at radius 1 is 1.12 bits per heavy atom. The maximum Gasteiger partial charge on any atom is 0.387 e. The number of carbonyl (C=O) groups excluding carboxylic acids is 1. The number of alkyl halides is 2. The van der Waals surface area contributed by atoms with E-state index in [1.54, 1.807) is 12.1 Å². The number of halogens is 3. The monoisotopic (exact) mass is 386 g/mol. The highest BCUT2D eigenvalue weighted by Gasteiger charge is 2.12. The maximum absolute atomic E-state index is 12.1. The average molecular weight is 387 g/mol. The van der Waals surface area contributed by atoms with Crippen LogP contribution in [-0.4, -0.2) is 26.9 Å². The Kier molecular flexibility index (Phi) is 6.85. The van der Waals surface area contributed by atoms with Gasteiger partial charge < -0.3 is 24.8 Å². The van der Waals surface area contributed by atoms with Crippen LogP contribution in [0.3, 0.4) is 0 Å². The third-order valence-corrected chi connectivity index (χ3v) is 3.62. The number of rotatable bonds is 7. The van der Waals surface area contributed by atoms with Crippen LogP contribution in [0, 0.1) is 0 Å². The van der Waals surface area contributed by atoms with Crippen LogP contribution in [0.1, 0.15) is 5.56 Å². The van der Waals surface area contributed by atoms with Gasteiger partial charge in [0.05, 0.1) is 24.9 Å². The maximum atomic E-state index is 12.1. The van der Waals surface area contributed by atoms with Gasteiger partial charge in [-0.05, 0) is 17.7 Å². The largest absolute Gasteiger partial charge is 0.495 e. The lowest BCUT2D eigenvalue weighted by Gasteiger charge is -2.14. The number of methoxy groups -OCH3 is 2. The fraction of sp³-hybridized carbons (Fsp3) is 0.235. The Hall–Kier alpha value is -2.74. The molecule has 140 valence electrons. The van der Waals surface area contributed by atoms with Crippen LogP contribution < -0.4 is 24.8 Å². The predicted octanol–water partition coefficient (Wildman–Crippen LogP) is 4.28. The number of ether oxygens (including phenoxy) is 3. The van der Waals surface area contributed by atoms with Crippen molar-refractivity contribution in [3.63, 3.8) is 0 Å². The van der Waals surface area contributed by atoms with E-state index in [0.717, 1.165) is 0 Å². The van der Waals surface area contributed by atoms with Gasteiger partial charge >= 0.3 is 12.6 Å². The molecule has 0 aliphatic carbocycles. The molecule has 0 saturated heterocycles. The summed E-state index contributed by atoms with van der Waals surface area (Å²) in [6.45, 7) is -2.69. The lowest BCUT2D eigenvalue weighted by Crippen LogP contribution is -2.28. The Bertz CT molecular complexity index is 757. The summed E-state index contributed by atoms with van der Waals surface area (Å²) in [5, 5.41) is 5.62. The van der Waals surface area contributed by atoms with Crippen molar-refractivity contribution in [1.82, 2.24) is 5.32 Å². The van der Waals surface area contributed by atoms with Crippen LogP contribution in [0.15, 0.2) is 36.4 Å². The topological polar surface area (TPSA) is 68.8 Å². The van der Waals surface area contributed by atoms with Crippen molar-refractivity contribution in [2.75, 3.05) is 19.5 Å². The zero-order chi connectivity index (χ0) is 19.1. The molecule has 0 atom stereocenters. The summed E-state index contributed by atoms with van der Waals surface area (Å²) in [6.07, 6.45) is 0. The summed E-state index contributed by atoms with van der Waals surface area (Å²) in [5.74, 6) is 0.808. The standard InChI is InChI=1S/C17H17ClF2N2O4/c1-24-14-8-13(15(25-2)7-12(14)18)22-17(23)21-9-10-3-5-11(6-4-10)26-16(19)20/h3-8,16H,9H2,1-2H3,(H2,21,22,23). The van der Waals surface area contributed by atoms with Crippen molar-refractivity contribution in [3.05, 3.63) is 47.0 Å². The van der Waals surface area contributed by atoms with Gasteiger partial charge in [0.2, 0.25) is 0 Å². The van der Waals surface area contributed by atoms with Crippen LogP contribution in [0.5, 0.6) is 17.2 Å². The minimum Gasteiger partial charge on any atom is -0.495 e. The molecule has 26 heavy (non-hydrogen) atoms. The summed E-state index contributed by atoms with van der Waals surface area (Å²) in [4.78, 5) is 12.1. The first-order chi connectivity index (χ1) is 12.4. The van der Waals surface area contributed by atoms with Crippen molar-refractivity contribution in [2.24, 2.45) is 0 Å². The van der Waals surface area contributed by atoms with Gasteiger partial charge in [0.15, 0.2) is 0 Å². The SMILES string of the molecule is COc1cc(NC(=O)NCc2ccc(OC(F)F)cc2)c(OC)cc1Cl. The Labute approximate surface area is 154 Å². The quantitative estimate of drug-likeness (QED) is 0.745. The predicted molar refractivity (Wildman–Crippen MR) is 93.5 cm³/mol. The van der Waals surface area contributed by atoms with Crippen LogP contribution in [0.2, 0.25) is 5.02 Å². The van der Waals surface area contributed by atoms with Gasteiger partial charge in [-0.3, -0.25) is 0 Å². The van der Waals surface area contributed by atoms with E-state index in [-0.39, 0.29) is 12.3 Å². The summed E-state index contributed by atoms with van der Waals surface area (Å²) >= 11 is 6.01. The zero-order valence-electron chi connectivity index (χ0n) is 14.0. The molecule has 0 aliphatic rings. The van der Waals surface area contributed by atoms with E-state index < -0.39 is 12.6 Å². The lowest BCUT2D eigenvalue weighted by atomic mass is 10.2. The van der Waals surface area contributed by atoms with E-state index in [4.69, 9.17) is 21.1 Å². The number of hydrogen-bond acceptors (Lipinski definition) is 4. The van der Waals surface area contributed by atoms with E-state index in [1.165, 1.54) is 38.5 Å². The van der Waals surface area contributed by atoms with Crippen molar-refractivity contribution in [3.8, 4) is 17.2 Å². The molecule has 0 saturated carbocycles. The van der Waals surface area contributed by atoms with Gasteiger partial charge in [-0.25, -0.2) is 4.79 Å². The second-order valence-corrected chi connectivity index (χ2v) is 5.42. The van der Waals surface area contributed by atoms with E-state index in [2.05, 4.69) is 15.4 Å². The number of benzene rings is 2. The van der Waals surface area contributed by atoms with Crippen LogP contribution in [-0.2, 0) is 6.54 Å². The molecule has 2 rings (SSSR count). The summed E-state index contributed by atoms with van der Waals surface area (Å²) in [5.41, 5.74) is 1.09. The molecule has 2 aromatic rings.